The Bertz CT molecular complexity index is 462. The zero-order valence-electron chi connectivity index (χ0n) is 9.39. The highest BCUT2D eigenvalue weighted by atomic mass is 19.1. The van der Waals surface area contributed by atoms with E-state index < -0.39 is 16.3 Å². The van der Waals surface area contributed by atoms with E-state index in [1.165, 1.54) is 0 Å². The number of benzene rings is 1. The van der Waals surface area contributed by atoms with Crippen molar-refractivity contribution >= 4 is 11.4 Å². The number of β-amino-alcohol motifs (C(OH)–C–C–N with tert-alkyl or cyclic N) is 1. The molecule has 0 aliphatic carbocycles. The van der Waals surface area contributed by atoms with Gasteiger partial charge in [0.1, 0.15) is 11.5 Å². The lowest BCUT2D eigenvalue weighted by Crippen LogP contribution is -2.29. The lowest BCUT2D eigenvalue weighted by atomic mass is 10.1. The molecule has 2 rings (SSSR count). The molecule has 1 aliphatic rings. The van der Waals surface area contributed by atoms with Crippen LogP contribution in [-0.2, 0) is 0 Å². The fourth-order valence-corrected chi connectivity index (χ4v) is 2.05. The van der Waals surface area contributed by atoms with E-state index in [0.29, 0.717) is 13.0 Å². The predicted molar refractivity (Wildman–Crippen MR) is 60.5 cm³/mol. The monoisotopic (exact) mass is 240 g/mol. The maximum Gasteiger partial charge on any atom is 0.292 e. The Morgan fingerprint density at radius 3 is 2.82 bits per heavy atom. The molecule has 1 heterocycles. The molecule has 0 radical (unpaired) electrons. The molecule has 6 heteroatoms. The molecule has 1 saturated heterocycles. The quantitative estimate of drug-likeness (QED) is 0.631. The number of nitro benzene ring substituents is 1. The first-order valence-corrected chi connectivity index (χ1v) is 5.30. The van der Waals surface area contributed by atoms with Crippen molar-refractivity contribution in [1.82, 2.24) is 0 Å². The summed E-state index contributed by atoms with van der Waals surface area (Å²) in [7, 11) is 0. The number of hydrogen-bond acceptors (Lipinski definition) is 4. The van der Waals surface area contributed by atoms with E-state index >= 15 is 0 Å². The van der Waals surface area contributed by atoms with Gasteiger partial charge in [0.2, 0.25) is 0 Å². The minimum absolute atomic E-state index is 0.135. The summed E-state index contributed by atoms with van der Waals surface area (Å²) in [4.78, 5) is 11.9. The average Bonchev–Trinajstić information content (AvgIpc) is 2.58. The highest BCUT2D eigenvalue weighted by Crippen LogP contribution is 2.33. The van der Waals surface area contributed by atoms with Crippen molar-refractivity contribution in [1.29, 1.82) is 0 Å². The van der Waals surface area contributed by atoms with Crippen molar-refractivity contribution in [2.75, 3.05) is 18.0 Å². The SMILES string of the molecule is CC1(O)CCN(c2cc(F)ccc2[N+](=O)[O-])C1. The normalized spacial score (nSPS) is 24.1. The molecule has 1 aliphatic heterocycles. The molecule has 1 N–H and O–H groups in total. The minimum Gasteiger partial charge on any atom is -0.388 e. The molecular formula is C11H13FN2O3. The topological polar surface area (TPSA) is 66.6 Å². The number of anilines is 1. The lowest BCUT2D eigenvalue weighted by molar-refractivity contribution is -0.384. The standard InChI is InChI=1S/C11H13FN2O3/c1-11(15)4-5-13(7-11)10-6-8(12)2-3-9(10)14(16)17/h2-3,6,15H,4-5,7H2,1H3. The van der Waals surface area contributed by atoms with Crippen LogP contribution in [0.1, 0.15) is 13.3 Å². The molecule has 1 aromatic carbocycles. The van der Waals surface area contributed by atoms with Crippen molar-refractivity contribution in [3.8, 4) is 0 Å². The molecule has 1 unspecified atom stereocenters. The van der Waals surface area contributed by atoms with Gasteiger partial charge >= 0.3 is 0 Å². The summed E-state index contributed by atoms with van der Waals surface area (Å²) >= 11 is 0. The smallest absolute Gasteiger partial charge is 0.292 e. The zero-order chi connectivity index (χ0) is 12.6. The number of nitro groups is 1. The summed E-state index contributed by atoms with van der Waals surface area (Å²) in [6.07, 6.45) is 0.515. The Morgan fingerprint density at radius 1 is 1.59 bits per heavy atom. The fraction of sp³-hybridized carbons (Fsp3) is 0.455. The lowest BCUT2D eigenvalue weighted by Gasteiger charge is -2.20. The van der Waals surface area contributed by atoms with Crippen molar-refractivity contribution in [3.05, 3.63) is 34.1 Å². The van der Waals surface area contributed by atoms with E-state index in [9.17, 15) is 19.6 Å². The number of hydrogen-bond donors (Lipinski definition) is 1. The van der Waals surface area contributed by atoms with Crippen LogP contribution in [0, 0.1) is 15.9 Å². The molecule has 1 atom stereocenters. The first kappa shape index (κ1) is 11.8. The second-order valence-corrected chi connectivity index (χ2v) is 4.56. The van der Waals surface area contributed by atoms with Gasteiger partial charge < -0.3 is 10.0 Å². The Hall–Kier alpha value is -1.69. The Labute approximate surface area is 97.6 Å². The summed E-state index contributed by atoms with van der Waals surface area (Å²) in [5.74, 6) is -0.517. The third-order valence-electron chi connectivity index (χ3n) is 2.93. The van der Waals surface area contributed by atoms with Gasteiger partial charge in [0.15, 0.2) is 0 Å². The van der Waals surface area contributed by atoms with E-state index in [2.05, 4.69) is 0 Å². The Balaban J connectivity index is 2.38. The second-order valence-electron chi connectivity index (χ2n) is 4.56. The van der Waals surface area contributed by atoms with E-state index in [4.69, 9.17) is 0 Å². The highest BCUT2D eigenvalue weighted by molar-refractivity contribution is 5.64. The van der Waals surface area contributed by atoms with Crippen LogP contribution < -0.4 is 4.90 Å². The van der Waals surface area contributed by atoms with Gasteiger partial charge in [0, 0.05) is 25.2 Å². The number of nitrogens with zero attached hydrogens (tertiary/aromatic N) is 2. The summed E-state index contributed by atoms with van der Waals surface area (Å²) < 4.78 is 13.1. The van der Waals surface area contributed by atoms with Gasteiger partial charge in [0.05, 0.1) is 10.5 Å². The molecule has 1 aromatic rings. The Morgan fingerprint density at radius 2 is 2.29 bits per heavy atom. The van der Waals surface area contributed by atoms with Crippen LogP contribution in [0.3, 0.4) is 0 Å². The van der Waals surface area contributed by atoms with Gasteiger partial charge in [0.25, 0.3) is 5.69 Å². The first-order chi connectivity index (χ1) is 7.89. The molecular weight excluding hydrogens is 227 g/mol. The van der Waals surface area contributed by atoms with Crippen molar-refractivity contribution in [3.63, 3.8) is 0 Å². The van der Waals surface area contributed by atoms with E-state index in [0.717, 1.165) is 18.2 Å². The van der Waals surface area contributed by atoms with Gasteiger partial charge in [-0.3, -0.25) is 10.1 Å². The molecule has 0 bridgehead atoms. The van der Waals surface area contributed by atoms with Gasteiger partial charge in [-0.15, -0.1) is 0 Å². The minimum atomic E-state index is -0.875. The van der Waals surface area contributed by atoms with Crippen LogP contribution in [-0.4, -0.2) is 28.7 Å². The number of rotatable bonds is 2. The molecule has 92 valence electrons. The molecule has 0 saturated carbocycles. The van der Waals surface area contributed by atoms with Crippen LogP contribution in [0.2, 0.25) is 0 Å². The fourth-order valence-electron chi connectivity index (χ4n) is 2.05. The number of aliphatic hydroxyl groups is 1. The zero-order valence-corrected chi connectivity index (χ0v) is 9.39. The van der Waals surface area contributed by atoms with Crippen molar-refractivity contribution in [2.24, 2.45) is 0 Å². The molecule has 5 nitrogen and oxygen atoms in total. The average molecular weight is 240 g/mol. The largest absolute Gasteiger partial charge is 0.388 e. The Kier molecular flexibility index (Phi) is 2.74. The van der Waals surface area contributed by atoms with Gasteiger partial charge in [-0.25, -0.2) is 4.39 Å². The summed E-state index contributed by atoms with van der Waals surface area (Å²) in [6, 6.07) is 3.35. The van der Waals surface area contributed by atoms with Crippen LogP contribution in [0.4, 0.5) is 15.8 Å². The van der Waals surface area contributed by atoms with E-state index in [-0.39, 0.29) is 17.9 Å². The summed E-state index contributed by atoms with van der Waals surface area (Å²) in [5, 5.41) is 20.7. The summed E-state index contributed by atoms with van der Waals surface area (Å²) in [6.45, 7) is 2.42. The third-order valence-corrected chi connectivity index (χ3v) is 2.93. The molecule has 0 amide bonds. The van der Waals surface area contributed by atoms with Crippen LogP contribution in [0.5, 0.6) is 0 Å². The van der Waals surface area contributed by atoms with E-state index in [1.54, 1.807) is 11.8 Å². The van der Waals surface area contributed by atoms with Crippen molar-refractivity contribution in [2.45, 2.75) is 18.9 Å². The summed E-state index contributed by atoms with van der Waals surface area (Å²) in [5.41, 5.74) is -0.780. The molecule has 17 heavy (non-hydrogen) atoms. The molecule has 0 aromatic heterocycles. The maximum atomic E-state index is 13.1. The highest BCUT2D eigenvalue weighted by Gasteiger charge is 2.34. The van der Waals surface area contributed by atoms with Crippen LogP contribution >= 0.6 is 0 Å². The van der Waals surface area contributed by atoms with Crippen molar-refractivity contribution < 1.29 is 14.4 Å². The first-order valence-electron chi connectivity index (χ1n) is 5.30. The number of halogens is 1. The predicted octanol–water partition coefficient (Wildman–Crippen LogP) is 1.69. The van der Waals surface area contributed by atoms with E-state index in [1.807, 2.05) is 0 Å². The van der Waals surface area contributed by atoms with Gasteiger partial charge in [-0.1, -0.05) is 0 Å². The van der Waals surface area contributed by atoms with Crippen LogP contribution in [0.25, 0.3) is 0 Å². The molecule has 1 fully saturated rings. The second kappa shape index (κ2) is 3.96. The van der Waals surface area contributed by atoms with Gasteiger partial charge in [-0.2, -0.15) is 0 Å². The third kappa shape index (κ3) is 2.36. The maximum absolute atomic E-state index is 13.1. The van der Waals surface area contributed by atoms with Gasteiger partial charge in [-0.05, 0) is 19.4 Å². The van der Waals surface area contributed by atoms with Crippen LogP contribution in [0.15, 0.2) is 18.2 Å². The molecule has 0 spiro atoms.